The third kappa shape index (κ3) is 9.03. The first-order valence-electron chi connectivity index (χ1n) is 15.3. The minimum Gasteiger partial charge on any atom is -0.506 e. The van der Waals surface area contributed by atoms with E-state index in [1.165, 1.54) is 12.1 Å². The van der Waals surface area contributed by atoms with Gasteiger partial charge in [-0.1, -0.05) is 60.7 Å². The van der Waals surface area contributed by atoms with Crippen LogP contribution in [0.1, 0.15) is 51.2 Å². The molecule has 0 saturated heterocycles. The highest BCUT2D eigenvalue weighted by atomic mass is 16.5. The Hall–Kier alpha value is -5.04. The molecular formula is C36H38N4O7. The molecule has 2 atom stereocenters. The fraction of sp³-hybridized carbons (Fsp3) is 0.222. The highest BCUT2D eigenvalue weighted by molar-refractivity contribution is 5.94. The molecule has 0 aliphatic carbocycles. The zero-order chi connectivity index (χ0) is 33.2. The summed E-state index contributed by atoms with van der Waals surface area (Å²) >= 11 is 0. The molecule has 11 heteroatoms. The van der Waals surface area contributed by atoms with E-state index >= 15 is 0 Å². The van der Waals surface area contributed by atoms with Gasteiger partial charge in [0.2, 0.25) is 12.0 Å². The van der Waals surface area contributed by atoms with Gasteiger partial charge >= 0.3 is 0 Å². The average Bonchev–Trinajstić information content (AvgIpc) is 3.08. The molecule has 244 valence electrons. The van der Waals surface area contributed by atoms with Crippen molar-refractivity contribution in [1.82, 2.24) is 20.9 Å². The van der Waals surface area contributed by atoms with Crippen LogP contribution in [-0.4, -0.2) is 57.4 Å². The van der Waals surface area contributed by atoms with E-state index in [2.05, 4.69) is 20.9 Å². The van der Waals surface area contributed by atoms with Crippen molar-refractivity contribution in [2.75, 3.05) is 19.6 Å². The minimum absolute atomic E-state index is 0.0601. The summed E-state index contributed by atoms with van der Waals surface area (Å²) in [6.45, 7) is 1.55. The molecule has 0 fully saturated rings. The Kier molecular flexibility index (Phi) is 11.3. The lowest BCUT2D eigenvalue weighted by Crippen LogP contribution is -2.32. The van der Waals surface area contributed by atoms with Crippen molar-refractivity contribution >= 4 is 16.8 Å². The quantitative estimate of drug-likeness (QED) is 0.0632. The highest BCUT2D eigenvalue weighted by Crippen LogP contribution is 2.29. The van der Waals surface area contributed by atoms with Gasteiger partial charge < -0.3 is 40.8 Å². The van der Waals surface area contributed by atoms with Crippen molar-refractivity contribution in [3.63, 3.8) is 0 Å². The van der Waals surface area contributed by atoms with Crippen LogP contribution in [0.5, 0.6) is 11.5 Å². The summed E-state index contributed by atoms with van der Waals surface area (Å²) in [5.74, 6) is 0.365. The number of ether oxygens (including phenoxy) is 1. The van der Waals surface area contributed by atoms with Crippen molar-refractivity contribution < 1.29 is 30.0 Å². The first kappa shape index (κ1) is 33.3. The van der Waals surface area contributed by atoms with E-state index in [0.717, 1.165) is 16.7 Å². The molecular weight excluding hydrogens is 600 g/mol. The number of aromatic amines is 1. The lowest BCUT2D eigenvalue weighted by atomic mass is 9.98. The molecule has 0 spiro atoms. The monoisotopic (exact) mass is 638 g/mol. The zero-order valence-electron chi connectivity index (χ0n) is 25.6. The normalized spacial score (nSPS) is 12.6. The molecule has 4 aromatic carbocycles. The number of carbonyl (C=O) groups excluding carboxylic acids is 1. The topological polar surface area (TPSA) is 176 Å². The number of pyridine rings is 1. The number of benzene rings is 4. The van der Waals surface area contributed by atoms with Gasteiger partial charge in [0.25, 0.3) is 5.91 Å². The molecule has 1 unspecified atom stereocenters. The van der Waals surface area contributed by atoms with Gasteiger partial charge in [-0.05, 0) is 71.6 Å². The molecule has 1 heterocycles. The third-order valence-electron chi connectivity index (χ3n) is 7.68. The molecule has 1 amide bonds. The van der Waals surface area contributed by atoms with Gasteiger partial charge in [-0.2, -0.15) is 0 Å². The minimum atomic E-state index is -1.69. The first-order valence-corrected chi connectivity index (χ1v) is 15.3. The second-order valence-electron chi connectivity index (χ2n) is 11.1. The Bertz CT molecular complexity index is 1830. The number of fused-ring (bicyclic) bond motifs is 1. The van der Waals surface area contributed by atoms with Gasteiger partial charge in [0, 0.05) is 30.1 Å². The predicted octanol–water partition coefficient (Wildman–Crippen LogP) is 3.20. The molecule has 0 aliphatic rings. The Morgan fingerprint density at radius 2 is 1.60 bits per heavy atom. The molecule has 47 heavy (non-hydrogen) atoms. The summed E-state index contributed by atoms with van der Waals surface area (Å²) in [4.78, 5) is 26.8. The van der Waals surface area contributed by atoms with E-state index < -0.39 is 18.6 Å². The Balaban J connectivity index is 1.05. The van der Waals surface area contributed by atoms with E-state index in [4.69, 9.17) is 4.74 Å². The predicted molar refractivity (Wildman–Crippen MR) is 178 cm³/mol. The van der Waals surface area contributed by atoms with Crippen LogP contribution in [0.3, 0.4) is 0 Å². The van der Waals surface area contributed by atoms with Crippen LogP contribution in [0.15, 0.2) is 108 Å². The SMILES string of the molecule is O=C(NCCCNC[C@H](O)c1ccc(O)c2[nH]c(=O)ccc12)c1ccc(COc2cccc(C(NC(O)O)c3ccccc3)c2)cc1. The number of aliphatic hydroxyl groups is 3. The zero-order valence-corrected chi connectivity index (χ0v) is 25.6. The highest BCUT2D eigenvalue weighted by Gasteiger charge is 2.17. The molecule has 5 aromatic rings. The molecule has 0 bridgehead atoms. The van der Waals surface area contributed by atoms with Crippen molar-refractivity contribution in [3.05, 3.63) is 141 Å². The number of hydrogen-bond acceptors (Lipinski definition) is 9. The fourth-order valence-electron chi connectivity index (χ4n) is 5.30. The Labute approximate surface area is 271 Å². The largest absolute Gasteiger partial charge is 0.506 e. The van der Waals surface area contributed by atoms with Crippen LogP contribution in [-0.2, 0) is 6.61 Å². The van der Waals surface area contributed by atoms with Crippen LogP contribution < -0.4 is 26.2 Å². The van der Waals surface area contributed by atoms with Gasteiger partial charge in [-0.15, -0.1) is 0 Å². The second kappa shape index (κ2) is 16.0. The number of rotatable bonds is 15. The maximum absolute atomic E-state index is 12.6. The molecule has 1 aromatic heterocycles. The number of hydrogen-bond donors (Lipinski definition) is 8. The summed E-state index contributed by atoms with van der Waals surface area (Å²) in [6.07, 6.45) is -1.90. The molecule has 0 radical (unpaired) electrons. The second-order valence-corrected chi connectivity index (χ2v) is 11.1. The Morgan fingerprint density at radius 3 is 2.36 bits per heavy atom. The molecule has 11 nitrogen and oxygen atoms in total. The number of aliphatic hydroxyl groups excluding tert-OH is 2. The average molecular weight is 639 g/mol. The van der Waals surface area contributed by atoms with E-state index in [-0.39, 0.29) is 35.9 Å². The summed E-state index contributed by atoms with van der Waals surface area (Å²) in [7, 11) is 0. The summed E-state index contributed by atoms with van der Waals surface area (Å²) in [5, 5.41) is 49.2. The van der Waals surface area contributed by atoms with Crippen LogP contribution in [0.25, 0.3) is 10.9 Å². The van der Waals surface area contributed by atoms with Crippen LogP contribution in [0.2, 0.25) is 0 Å². The standard InChI is InChI=1S/C36H38N4O7/c41-30-16-14-28(29-15-17-32(43)39-34(29)30)31(42)21-37-18-5-19-38-35(44)25-12-10-23(11-13-25)22-47-27-9-4-8-26(20-27)33(40-36(45)46)24-6-2-1-3-7-24/h1-4,6-17,20,31,33,36-37,40-42,45-46H,5,18-19,21-22H2,(H,38,44)(H,39,43)/t31-,33?/m0/s1. The first-order chi connectivity index (χ1) is 22.8. The fourth-order valence-corrected chi connectivity index (χ4v) is 5.30. The number of phenolic OH excluding ortho intramolecular Hbond substituents is 1. The van der Waals surface area contributed by atoms with Gasteiger partial charge in [0.1, 0.15) is 18.1 Å². The Morgan fingerprint density at radius 1 is 0.830 bits per heavy atom. The van der Waals surface area contributed by atoms with Gasteiger partial charge in [0.15, 0.2) is 0 Å². The maximum atomic E-state index is 12.6. The lowest BCUT2D eigenvalue weighted by molar-refractivity contribution is -0.0710. The van der Waals surface area contributed by atoms with Crippen molar-refractivity contribution in [2.24, 2.45) is 0 Å². The van der Waals surface area contributed by atoms with E-state index in [9.17, 15) is 30.0 Å². The van der Waals surface area contributed by atoms with Gasteiger partial charge in [0.05, 0.1) is 17.7 Å². The third-order valence-corrected chi connectivity index (χ3v) is 7.68. The summed E-state index contributed by atoms with van der Waals surface area (Å²) < 4.78 is 6.00. The summed E-state index contributed by atoms with van der Waals surface area (Å²) in [6, 6.07) is 29.6. The molecule has 5 rings (SSSR count). The molecule has 0 aliphatic heterocycles. The maximum Gasteiger partial charge on any atom is 0.251 e. The van der Waals surface area contributed by atoms with E-state index in [0.29, 0.717) is 41.8 Å². The summed E-state index contributed by atoms with van der Waals surface area (Å²) in [5.41, 5.74) is 3.63. The lowest BCUT2D eigenvalue weighted by Gasteiger charge is -2.21. The number of aromatic hydroxyl groups is 1. The van der Waals surface area contributed by atoms with E-state index in [1.807, 2.05) is 66.7 Å². The smallest absolute Gasteiger partial charge is 0.251 e. The van der Waals surface area contributed by atoms with Crippen LogP contribution in [0, 0.1) is 0 Å². The van der Waals surface area contributed by atoms with Crippen molar-refractivity contribution in [3.8, 4) is 11.5 Å². The number of nitrogens with one attached hydrogen (secondary N) is 4. The number of carbonyl (C=O) groups is 1. The number of H-pyrrole nitrogens is 1. The van der Waals surface area contributed by atoms with Crippen molar-refractivity contribution in [2.45, 2.75) is 31.6 Å². The van der Waals surface area contributed by atoms with Gasteiger partial charge in [-0.25, -0.2) is 0 Å². The number of aromatic nitrogens is 1. The van der Waals surface area contributed by atoms with Crippen LogP contribution in [0.4, 0.5) is 0 Å². The number of amides is 1. The van der Waals surface area contributed by atoms with Gasteiger partial charge in [-0.3, -0.25) is 14.9 Å². The van der Waals surface area contributed by atoms with Crippen LogP contribution >= 0.6 is 0 Å². The molecule has 8 N–H and O–H groups in total. The number of phenols is 1. The van der Waals surface area contributed by atoms with E-state index in [1.54, 1.807) is 24.3 Å². The molecule has 0 saturated carbocycles. The van der Waals surface area contributed by atoms with Crippen molar-refractivity contribution in [1.29, 1.82) is 0 Å².